The molecule has 3 heterocycles. The predicted molar refractivity (Wildman–Crippen MR) is 104 cm³/mol. The second-order valence-electron chi connectivity index (χ2n) is 7.89. The van der Waals surface area contributed by atoms with E-state index in [1.807, 2.05) is 11.8 Å². The van der Waals surface area contributed by atoms with Gasteiger partial charge in [-0.2, -0.15) is 0 Å². The molecule has 0 aromatic heterocycles. The zero-order chi connectivity index (χ0) is 16.8. The fourth-order valence-electron chi connectivity index (χ4n) is 3.25. The van der Waals surface area contributed by atoms with Gasteiger partial charge >= 0.3 is 0 Å². The number of hydrogen-bond acceptors (Lipinski definition) is 6. The summed E-state index contributed by atoms with van der Waals surface area (Å²) in [6.45, 7) is 14.5. The first-order chi connectivity index (χ1) is 10.8. The van der Waals surface area contributed by atoms with Gasteiger partial charge in [0, 0.05) is 18.0 Å². The molecule has 0 fully saturated rings. The average Bonchev–Trinajstić information content (AvgIpc) is 3.08. The molecule has 0 bridgehead atoms. The Kier molecular flexibility index (Phi) is 4.76. The van der Waals surface area contributed by atoms with Crippen molar-refractivity contribution in [1.82, 2.24) is 10.2 Å². The number of aliphatic imine (C=N–C) groups is 2. The maximum absolute atomic E-state index is 4.95. The van der Waals surface area contributed by atoms with Crippen molar-refractivity contribution in [2.45, 2.75) is 59.2 Å². The van der Waals surface area contributed by atoms with Crippen LogP contribution in [0.25, 0.3) is 0 Å². The summed E-state index contributed by atoms with van der Waals surface area (Å²) in [4.78, 5) is 12.1. The van der Waals surface area contributed by atoms with Crippen LogP contribution >= 0.6 is 23.5 Å². The van der Waals surface area contributed by atoms with Gasteiger partial charge in [-0.3, -0.25) is 9.98 Å². The molecule has 1 N–H and O–H groups in total. The summed E-state index contributed by atoms with van der Waals surface area (Å²) >= 11 is 3.59. The molecule has 0 saturated heterocycles. The molecule has 2 unspecified atom stereocenters. The van der Waals surface area contributed by atoms with Crippen molar-refractivity contribution in [2.75, 3.05) is 12.3 Å². The van der Waals surface area contributed by atoms with Crippen LogP contribution in [0, 0.1) is 11.8 Å². The van der Waals surface area contributed by atoms with Crippen LogP contribution in [0.1, 0.15) is 41.5 Å². The molecule has 0 amide bonds. The van der Waals surface area contributed by atoms with Gasteiger partial charge in [-0.1, -0.05) is 51.2 Å². The molecular formula is C17H28N4S2. The molecule has 0 saturated carbocycles. The van der Waals surface area contributed by atoms with E-state index >= 15 is 0 Å². The van der Waals surface area contributed by atoms with Gasteiger partial charge in [0.1, 0.15) is 0 Å². The van der Waals surface area contributed by atoms with Crippen molar-refractivity contribution in [2.24, 2.45) is 21.8 Å². The zero-order valence-corrected chi connectivity index (χ0v) is 16.6. The molecular weight excluding hydrogens is 324 g/mol. The Morgan fingerprint density at radius 1 is 1.35 bits per heavy atom. The lowest BCUT2D eigenvalue weighted by Gasteiger charge is -2.24. The van der Waals surface area contributed by atoms with E-state index < -0.39 is 0 Å². The minimum atomic E-state index is 0.0428. The van der Waals surface area contributed by atoms with E-state index in [-0.39, 0.29) is 5.54 Å². The van der Waals surface area contributed by atoms with Crippen molar-refractivity contribution in [3.63, 3.8) is 0 Å². The molecule has 0 spiro atoms. The number of fused-ring (bicyclic) bond motifs is 1. The van der Waals surface area contributed by atoms with Crippen LogP contribution in [0.2, 0.25) is 0 Å². The van der Waals surface area contributed by atoms with E-state index in [9.17, 15) is 0 Å². The van der Waals surface area contributed by atoms with Gasteiger partial charge in [0.15, 0.2) is 10.3 Å². The van der Waals surface area contributed by atoms with Crippen LogP contribution < -0.4 is 5.32 Å². The van der Waals surface area contributed by atoms with Gasteiger partial charge < -0.3 is 10.2 Å². The molecule has 6 heteroatoms. The van der Waals surface area contributed by atoms with Crippen molar-refractivity contribution in [3.8, 4) is 0 Å². The number of thioether (sulfide) groups is 2. The highest BCUT2D eigenvalue weighted by atomic mass is 32.2. The number of nitrogens with zero attached hydrogens (tertiary/aromatic N) is 3. The van der Waals surface area contributed by atoms with Gasteiger partial charge in [0.2, 0.25) is 0 Å². The van der Waals surface area contributed by atoms with E-state index in [0.717, 1.165) is 22.6 Å². The zero-order valence-electron chi connectivity index (χ0n) is 15.0. The smallest absolute Gasteiger partial charge is 0.168 e. The molecule has 3 rings (SSSR count). The Balaban J connectivity index is 1.60. The van der Waals surface area contributed by atoms with Crippen LogP contribution in [-0.4, -0.2) is 45.2 Å². The summed E-state index contributed by atoms with van der Waals surface area (Å²) < 4.78 is 0. The summed E-state index contributed by atoms with van der Waals surface area (Å²) in [6, 6.07) is 0.861. The lowest BCUT2D eigenvalue weighted by atomic mass is 9.90. The van der Waals surface area contributed by atoms with Crippen LogP contribution in [-0.2, 0) is 0 Å². The quantitative estimate of drug-likeness (QED) is 0.836. The maximum atomic E-state index is 4.95. The molecule has 4 nitrogen and oxygen atoms in total. The summed E-state index contributed by atoms with van der Waals surface area (Å²) in [5.74, 6) is 2.14. The minimum absolute atomic E-state index is 0.0428. The fraction of sp³-hybridized carbons (Fsp3) is 0.765. The predicted octanol–water partition coefficient (Wildman–Crippen LogP) is 3.77. The first kappa shape index (κ1) is 17.2. The largest absolute Gasteiger partial charge is 0.360 e. The summed E-state index contributed by atoms with van der Waals surface area (Å²) in [7, 11) is 0. The van der Waals surface area contributed by atoms with Gasteiger partial charge in [-0.15, -0.1) is 0 Å². The Labute approximate surface area is 148 Å². The number of rotatable bonds is 4. The third-order valence-electron chi connectivity index (χ3n) is 4.50. The van der Waals surface area contributed by atoms with Crippen molar-refractivity contribution >= 4 is 33.9 Å². The number of amidine groups is 2. The molecule has 0 aromatic carbocycles. The summed E-state index contributed by atoms with van der Waals surface area (Å²) in [6.07, 6.45) is 0. The first-order valence-electron chi connectivity index (χ1n) is 8.47. The number of hydrogen-bond donors (Lipinski definition) is 1. The first-order valence-corrected chi connectivity index (χ1v) is 10.3. The third-order valence-corrected chi connectivity index (χ3v) is 6.35. The average molecular weight is 353 g/mol. The molecule has 3 aliphatic heterocycles. The van der Waals surface area contributed by atoms with Gasteiger partial charge in [-0.25, -0.2) is 0 Å². The lowest BCUT2D eigenvalue weighted by Crippen LogP contribution is -2.40. The highest BCUT2D eigenvalue weighted by molar-refractivity contribution is 8.17. The molecule has 23 heavy (non-hydrogen) atoms. The molecule has 0 aliphatic carbocycles. The van der Waals surface area contributed by atoms with Gasteiger partial charge in [0.25, 0.3) is 0 Å². The lowest BCUT2D eigenvalue weighted by molar-refractivity contribution is 0.348. The second-order valence-corrected chi connectivity index (χ2v) is 9.69. The molecule has 0 radical (unpaired) electrons. The topological polar surface area (TPSA) is 40.0 Å². The van der Waals surface area contributed by atoms with Crippen LogP contribution in [0.3, 0.4) is 0 Å². The van der Waals surface area contributed by atoms with E-state index in [2.05, 4.69) is 57.2 Å². The Morgan fingerprint density at radius 2 is 2.09 bits per heavy atom. The standard InChI is InChI=1S/C17H28N4S2/c1-10(2)13-14(11(3)4)19-15(18-13)22-7-12-8-23-16-20-17(5,6)9-21(12)16/h8,10-11,13-14H,7,9H2,1-6H3,(H,18,19). The fourth-order valence-corrected chi connectivity index (χ4v) is 5.35. The molecule has 2 atom stereocenters. The highest BCUT2D eigenvalue weighted by Gasteiger charge is 2.37. The Bertz CT molecular complexity index is 563. The third kappa shape index (κ3) is 3.58. The van der Waals surface area contributed by atoms with Gasteiger partial charge in [0.05, 0.1) is 17.6 Å². The maximum Gasteiger partial charge on any atom is 0.168 e. The van der Waals surface area contributed by atoms with Crippen LogP contribution in [0.15, 0.2) is 21.1 Å². The Morgan fingerprint density at radius 3 is 2.70 bits per heavy atom. The van der Waals surface area contributed by atoms with Crippen LogP contribution in [0.4, 0.5) is 0 Å². The minimum Gasteiger partial charge on any atom is -0.360 e. The van der Waals surface area contributed by atoms with Gasteiger partial charge in [-0.05, 0) is 31.1 Å². The van der Waals surface area contributed by atoms with Crippen molar-refractivity contribution < 1.29 is 0 Å². The number of nitrogens with one attached hydrogen (secondary N) is 1. The van der Waals surface area contributed by atoms with Crippen molar-refractivity contribution in [3.05, 3.63) is 11.1 Å². The van der Waals surface area contributed by atoms with Crippen LogP contribution in [0.5, 0.6) is 0 Å². The molecule has 128 valence electrons. The Hall–Kier alpha value is -0.620. The summed E-state index contributed by atoms with van der Waals surface area (Å²) in [5.41, 5.74) is 1.41. The van der Waals surface area contributed by atoms with E-state index in [1.165, 1.54) is 5.70 Å². The monoisotopic (exact) mass is 352 g/mol. The van der Waals surface area contributed by atoms with E-state index in [1.54, 1.807) is 11.8 Å². The normalized spacial score (nSPS) is 28.9. The van der Waals surface area contributed by atoms with Crippen molar-refractivity contribution in [1.29, 1.82) is 0 Å². The molecule has 0 aromatic rings. The SMILES string of the molecule is CC(C)C1N=C(SCC2=CSC3=NC(C)(C)CN23)NC1C(C)C. The summed E-state index contributed by atoms with van der Waals surface area (Å²) in [5, 5.41) is 8.17. The van der Waals surface area contributed by atoms with E-state index in [4.69, 9.17) is 9.98 Å². The molecule has 3 aliphatic rings. The second kappa shape index (κ2) is 6.36. The van der Waals surface area contributed by atoms with E-state index in [0.29, 0.717) is 23.9 Å². The highest BCUT2D eigenvalue weighted by Crippen LogP contribution is 2.37.